The van der Waals surface area contributed by atoms with Crippen LogP contribution in [0.15, 0.2) is 18.3 Å². The highest BCUT2D eigenvalue weighted by molar-refractivity contribution is 6.36. The number of amides is 1. The zero-order valence-corrected chi connectivity index (χ0v) is 23.4. The lowest BCUT2D eigenvalue weighted by Gasteiger charge is -2.48. The molecule has 14 heteroatoms. The van der Waals surface area contributed by atoms with Gasteiger partial charge in [-0.1, -0.05) is 11.6 Å². The second kappa shape index (κ2) is 11.4. The molecule has 13 nitrogen and oxygen atoms in total. The lowest BCUT2D eigenvalue weighted by atomic mass is 10.0. The molecule has 0 bridgehead atoms. The second-order valence-electron chi connectivity index (χ2n) is 10.5. The molecule has 3 fully saturated rings. The first-order valence-corrected chi connectivity index (χ1v) is 14.0. The van der Waals surface area contributed by atoms with Crippen LogP contribution < -0.4 is 15.5 Å². The summed E-state index contributed by atoms with van der Waals surface area (Å²) < 4.78 is 6.47. The van der Waals surface area contributed by atoms with Gasteiger partial charge in [-0.05, 0) is 25.0 Å². The first-order valence-electron chi connectivity index (χ1n) is 13.7. The number of aromatic nitrogens is 4. The molecule has 4 heterocycles. The molecule has 1 saturated carbocycles. The first-order chi connectivity index (χ1) is 20.0. The molecule has 0 spiro atoms. The van der Waals surface area contributed by atoms with Gasteiger partial charge in [0.2, 0.25) is 11.9 Å². The lowest BCUT2D eigenvalue weighted by molar-refractivity contribution is -0.139. The number of carbonyl (C=O) groups is 1. The summed E-state index contributed by atoms with van der Waals surface area (Å²) in [6.45, 7) is 5.06. The summed E-state index contributed by atoms with van der Waals surface area (Å²) >= 11 is 6.92. The van der Waals surface area contributed by atoms with Crippen molar-refractivity contribution in [2.45, 2.75) is 31.3 Å². The summed E-state index contributed by atoms with van der Waals surface area (Å²) in [5.74, 6) is 0.903. The molecule has 1 aliphatic carbocycles. The molecule has 3 aromatic rings. The van der Waals surface area contributed by atoms with Crippen molar-refractivity contribution in [1.29, 1.82) is 10.5 Å². The number of nitrogens with zero attached hydrogens (tertiary/aromatic N) is 9. The van der Waals surface area contributed by atoms with E-state index in [0.717, 1.165) is 57.8 Å². The van der Waals surface area contributed by atoms with Crippen LogP contribution in [-0.4, -0.2) is 100 Å². The van der Waals surface area contributed by atoms with Gasteiger partial charge in [-0.2, -0.15) is 20.0 Å². The van der Waals surface area contributed by atoms with E-state index >= 15 is 0 Å². The van der Waals surface area contributed by atoms with Crippen LogP contribution >= 0.6 is 11.6 Å². The molecule has 6 rings (SSSR count). The summed E-state index contributed by atoms with van der Waals surface area (Å²) in [7, 11) is 1.60. The number of ether oxygens (including phenoxy) is 1. The van der Waals surface area contributed by atoms with Crippen LogP contribution in [0.4, 0.5) is 23.1 Å². The molecule has 212 valence electrons. The van der Waals surface area contributed by atoms with Crippen molar-refractivity contribution in [1.82, 2.24) is 29.4 Å². The normalized spacial score (nSPS) is 17.7. The van der Waals surface area contributed by atoms with Crippen molar-refractivity contribution in [3.8, 4) is 12.1 Å². The summed E-state index contributed by atoms with van der Waals surface area (Å²) in [6.07, 6.45) is 3.97. The molecule has 2 aromatic heterocycles. The van der Waals surface area contributed by atoms with E-state index in [9.17, 15) is 15.3 Å². The number of benzene rings is 1. The number of rotatable bonds is 9. The number of hydrogen-bond donors (Lipinski definition) is 2. The van der Waals surface area contributed by atoms with E-state index in [2.05, 4.69) is 47.6 Å². The average molecular weight is 576 g/mol. The highest BCUT2D eigenvalue weighted by Crippen LogP contribution is 2.37. The molecule has 2 N–H and O–H groups in total. The Morgan fingerprint density at radius 2 is 1.95 bits per heavy atom. The predicted octanol–water partition coefficient (Wildman–Crippen LogP) is 2.21. The van der Waals surface area contributed by atoms with Gasteiger partial charge < -0.3 is 25.2 Å². The Kier molecular flexibility index (Phi) is 7.49. The van der Waals surface area contributed by atoms with Crippen LogP contribution in [0.5, 0.6) is 0 Å². The number of hydrogen-bond acceptors (Lipinski definition) is 11. The van der Waals surface area contributed by atoms with E-state index < -0.39 is 0 Å². The Morgan fingerprint density at radius 3 is 2.63 bits per heavy atom. The van der Waals surface area contributed by atoms with Crippen LogP contribution in [0.25, 0.3) is 5.65 Å². The first kappa shape index (κ1) is 27.0. The van der Waals surface area contributed by atoms with Crippen molar-refractivity contribution < 1.29 is 9.53 Å². The fourth-order valence-corrected chi connectivity index (χ4v) is 5.48. The van der Waals surface area contributed by atoms with Gasteiger partial charge in [0.25, 0.3) is 0 Å². The number of halogens is 1. The Bertz CT molecular complexity index is 1540. The number of nitriles is 2. The van der Waals surface area contributed by atoms with Crippen molar-refractivity contribution in [3.63, 3.8) is 0 Å². The highest BCUT2D eigenvalue weighted by atomic mass is 35.5. The zero-order chi connectivity index (χ0) is 28.5. The molecule has 2 saturated heterocycles. The third-order valence-electron chi connectivity index (χ3n) is 7.73. The largest absolute Gasteiger partial charge is 0.384 e. The fourth-order valence-electron chi connectivity index (χ4n) is 5.21. The SMILES string of the molecule is COCCC(=O)N1CC(N2CCN(c3cc(C#N)cc(Nc4nc(NC5CC5)c5ncc(C#N)n5n4)c3Cl)CC2)C1. The molecular weight excluding hydrogens is 546 g/mol. The Morgan fingerprint density at radius 1 is 1.17 bits per heavy atom. The number of anilines is 4. The Hall–Kier alpha value is -4.17. The molecular formula is C27H30ClN11O2. The number of imidazole rings is 1. The Labute approximate surface area is 242 Å². The smallest absolute Gasteiger partial charge is 0.247 e. The van der Waals surface area contributed by atoms with Crippen LogP contribution in [0.2, 0.25) is 5.02 Å². The second-order valence-corrected chi connectivity index (χ2v) is 10.9. The molecule has 3 aliphatic rings. The van der Waals surface area contributed by atoms with Gasteiger partial charge in [-0.15, -0.1) is 5.10 Å². The van der Waals surface area contributed by atoms with Gasteiger partial charge in [-0.3, -0.25) is 9.69 Å². The fraction of sp³-hybridized carbons (Fsp3) is 0.481. The highest BCUT2D eigenvalue weighted by Gasteiger charge is 2.36. The van der Waals surface area contributed by atoms with Crippen molar-refractivity contribution >= 4 is 46.3 Å². The van der Waals surface area contributed by atoms with Gasteiger partial charge in [0, 0.05) is 58.5 Å². The molecule has 0 atom stereocenters. The summed E-state index contributed by atoms with van der Waals surface area (Å²) in [6, 6.07) is 8.48. The summed E-state index contributed by atoms with van der Waals surface area (Å²) in [5, 5.41) is 30.8. The standard InChI is InChI=1S/C27H30ClN11O2/c1-41-9-4-23(40)38-15-20(16-38)36-5-7-37(8-6-36)22-11-17(12-29)10-21(24(22)28)33-27-34-25(32-18-2-3-18)26-31-14-19(13-30)39(26)35-27/h10-11,14,18,20H,2-9,15-16H2,1H3,(H2,32,33,34,35). The van der Waals surface area contributed by atoms with E-state index in [4.69, 9.17) is 16.3 Å². The number of fused-ring (bicyclic) bond motifs is 1. The van der Waals surface area contributed by atoms with Crippen LogP contribution in [-0.2, 0) is 9.53 Å². The predicted molar refractivity (Wildman–Crippen MR) is 152 cm³/mol. The van der Waals surface area contributed by atoms with Crippen molar-refractivity contribution in [3.05, 3.63) is 34.6 Å². The van der Waals surface area contributed by atoms with Crippen molar-refractivity contribution in [2.24, 2.45) is 0 Å². The molecule has 1 aromatic carbocycles. The van der Waals surface area contributed by atoms with E-state index in [1.54, 1.807) is 19.2 Å². The molecule has 0 unspecified atom stereocenters. The minimum atomic E-state index is 0.136. The number of piperazine rings is 1. The Balaban J connectivity index is 1.17. The van der Waals surface area contributed by atoms with Gasteiger partial charge in [0.1, 0.15) is 6.07 Å². The zero-order valence-electron chi connectivity index (χ0n) is 22.7. The minimum absolute atomic E-state index is 0.136. The van der Waals surface area contributed by atoms with Gasteiger partial charge >= 0.3 is 0 Å². The average Bonchev–Trinajstić information content (AvgIpc) is 3.68. The number of likely N-dealkylation sites (tertiary alicyclic amines) is 1. The maximum absolute atomic E-state index is 12.2. The van der Waals surface area contributed by atoms with Crippen LogP contribution in [0.1, 0.15) is 30.5 Å². The minimum Gasteiger partial charge on any atom is -0.384 e. The number of carbonyl (C=O) groups excluding carboxylic acids is 1. The molecule has 41 heavy (non-hydrogen) atoms. The van der Waals surface area contributed by atoms with Gasteiger partial charge in [0.15, 0.2) is 17.2 Å². The number of methoxy groups -OCH3 is 1. The van der Waals surface area contributed by atoms with E-state index in [0.29, 0.717) is 52.8 Å². The molecule has 2 aliphatic heterocycles. The topological polar surface area (TPSA) is 151 Å². The maximum atomic E-state index is 12.2. The third-order valence-corrected chi connectivity index (χ3v) is 8.13. The molecule has 0 radical (unpaired) electrons. The maximum Gasteiger partial charge on any atom is 0.247 e. The summed E-state index contributed by atoms with van der Waals surface area (Å²) in [5.41, 5.74) is 2.48. The molecule has 1 amide bonds. The van der Waals surface area contributed by atoms with Crippen molar-refractivity contribution in [2.75, 3.05) is 68.5 Å². The van der Waals surface area contributed by atoms with Crippen LogP contribution in [0.3, 0.4) is 0 Å². The van der Waals surface area contributed by atoms with E-state index in [1.807, 2.05) is 4.90 Å². The van der Waals surface area contributed by atoms with Crippen LogP contribution in [0, 0.1) is 22.7 Å². The van der Waals surface area contributed by atoms with Gasteiger partial charge in [0.05, 0.1) is 47.3 Å². The van der Waals surface area contributed by atoms with E-state index in [-0.39, 0.29) is 17.5 Å². The lowest BCUT2D eigenvalue weighted by Crippen LogP contribution is -2.64. The monoisotopic (exact) mass is 575 g/mol. The van der Waals surface area contributed by atoms with Gasteiger partial charge in [-0.25, -0.2) is 4.98 Å². The number of nitrogens with one attached hydrogen (secondary N) is 2. The quantitative estimate of drug-likeness (QED) is 0.386. The summed E-state index contributed by atoms with van der Waals surface area (Å²) in [4.78, 5) is 27.6. The van der Waals surface area contributed by atoms with E-state index in [1.165, 1.54) is 10.7 Å². The third kappa shape index (κ3) is 5.57.